The fourth-order valence-electron chi connectivity index (χ4n) is 4.19. The van der Waals surface area contributed by atoms with E-state index in [4.69, 9.17) is 0 Å². The highest BCUT2D eigenvalue weighted by Crippen LogP contribution is 2.29. The van der Waals surface area contributed by atoms with Gasteiger partial charge in [0.1, 0.15) is 6.54 Å². The van der Waals surface area contributed by atoms with E-state index >= 15 is 0 Å². The smallest absolute Gasteiger partial charge is 0.315 e. The van der Waals surface area contributed by atoms with Gasteiger partial charge in [-0.2, -0.15) is 0 Å². The first-order chi connectivity index (χ1) is 15.4. The first-order valence-corrected chi connectivity index (χ1v) is 11.3. The summed E-state index contributed by atoms with van der Waals surface area (Å²) in [6, 6.07) is 6.47. The summed E-state index contributed by atoms with van der Waals surface area (Å²) in [4.78, 5) is 45.9. The number of aromatic nitrogens is 5. The molecule has 0 saturated carbocycles. The molecule has 0 aliphatic heterocycles. The largest absolute Gasteiger partial charge is 0.332 e. The lowest BCUT2D eigenvalue weighted by molar-refractivity contribution is -0.116. The summed E-state index contributed by atoms with van der Waals surface area (Å²) in [6.07, 6.45) is 6.09. The summed E-state index contributed by atoms with van der Waals surface area (Å²) in [6.45, 7) is -0.113. The maximum absolute atomic E-state index is 12.6. The predicted octanol–water partition coefficient (Wildman–Crippen LogP) is 2.07. The number of aryl methyl sites for hydroxylation is 3. The van der Waals surface area contributed by atoms with Crippen molar-refractivity contribution in [2.24, 2.45) is 14.1 Å². The second-order valence-electron chi connectivity index (χ2n) is 8.03. The number of nitrogens with zero attached hydrogens (tertiary/aromatic N) is 5. The molecular weight excluding hydrogens is 428 g/mol. The lowest BCUT2D eigenvalue weighted by Gasteiger charge is -2.16. The van der Waals surface area contributed by atoms with Crippen molar-refractivity contribution in [2.45, 2.75) is 32.2 Å². The van der Waals surface area contributed by atoms with Crippen LogP contribution in [0.2, 0.25) is 0 Å². The van der Waals surface area contributed by atoms with Crippen LogP contribution in [0.3, 0.4) is 0 Å². The van der Waals surface area contributed by atoms with Crippen molar-refractivity contribution >= 4 is 33.5 Å². The Balaban J connectivity index is 1.35. The molecule has 1 N–H and O–H groups in total. The van der Waals surface area contributed by atoms with E-state index in [9.17, 15) is 14.4 Å². The van der Waals surface area contributed by atoms with Gasteiger partial charge in [0.15, 0.2) is 16.3 Å². The number of carbonyl (C=O) groups is 1. The second-order valence-corrected chi connectivity index (χ2v) is 8.89. The Labute approximate surface area is 187 Å². The van der Waals surface area contributed by atoms with Crippen molar-refractivity contribution in [1.82, 2.24) is 23.7 Å². The third kappa shape index (κ3) is 3.46. The Kier molecular flexibility index (Phi) is 5.01. The van der Waals surface area contributed by atoms with Crippen molar-refractivity contribution < 1.29 is 4.79 Å². The minimum Gasteiger partial charge on any atom is -0.315 e. The third-order valence-corrected chi connectivity index (χ3v) is 6.68. The molecule has 32 heavy (non-hydrogen) atoms. The second kappa shape index (κ2) is 7.86. The Hall–Kier alpha value is -3.53. The molecule has 3 heterocycles. The van der Waals surface area contributed by atoms with Crippen molar-refractivity contribution in [1.29, 1.82) is 0 Å². The Morgan fingerprint density at radius 1 is 1.12 bits per heavy atom. The number of imidazole rings is 1. The van der Waals surface area contributed by atoms with E-state index in [-0.39, 0.29) is 23.6 Å². The van der Waals surface area contributed by atoms with Crippen LogP contribution in [0.4, 0.5) is 5.13 Å². The van der Waals surface area contributed by atoms with Crippen LogP contribution in [0.5, 0.6) is 0 Å². The van der Waals surface area contributed by atoms with Gasteiger partial charge in [0, 0.05) is 25.0 Å². The number of amides is 1. The SMILES string of the molecule is Cn1c(=O)c2c(ncn2CC(=O)Nc2nc(-c3ccc4c(c3)CCCC4)cs2)n(C)c1=O. The molecule has 1 aliphatic rings. The zero-order valence-corrected chi connectivity index (χ0v) is 18.6. The van der Waals surface area contributed by atoms with Gasteiger partial charge in [-0.1, -0.05) is 12.1 Å². The molecule has 1 aromatic carbocycles. The summed E-state index contributed by atoms with van der Waals surface area (Å²) in [5, 5.41) is 5.22. The molecular formula is C22H22N6O3S. The topological polar surface area (TPSA) is 104 Å². The van der Waals surface area contributed by atoms with Gasteiger partial charge in [0.05, 0.1) is 12.0 Å². The minimum atomic E-state index is -0.489. The van der Waals surface area contributed by atoms with Crippen LogP contribution in [-0.4, -0.2) is 29.6 Å². The minimum absolute atomic E-state index is 0.113. The van der Waals surface area contributed by atoms with Crippen molar-refractivity contribution in [2.75, 3.05) is 5.32 Å². The number of carbonyl (C=O) groups excluding carboxylic acids is 1. The van der Waals surface area contributed by atoms with Crippen molar-refractivity contribution in [3.8, 4) is 11.3 Å². The van der Waals surface area contributed by atoms with Gasteiger partial charge < -0.3 is 9.88 Å². The fraction of sp³-hybridized carbons (Fsp3) is 0.318. The van der Waals surface area contributed by atoms with Crippen LogP contribution in [0, 0.1) is 0 Å². The fourth-order valence-corrected chi connectivity index (χ4v) is 4.92. The van der Waals surface area contributed by atoms with E-state index in [1.165, 1.54) is 57.8 Å². The quantitative estimate of drug-likeness (QED) is 0.513. The van der Waals surface area contributed by atoms with Crippen molar-refractivity contribution in [3.05, 3.63) is 61.9 Å². The number of rotatable bonds is 4. The van der Waals surface area contributed by atoms with Gasteiger partial charge in [0.25, 0.3) is 5.56 Å². The van der Waals surface area contributed by atoms with Gasteiger partial charge in [-0.15, -0.1) is 11.3 Å². The highest BCUT2D eigenvalue weighted by molar-refractivity contribution is 7.14. The van der Waals surface area contributed by atoms with Gasteiger partial charge in [0.2, 0.25) is 5.91 Å². The van der Waals surface area contributed by atoms with E-state index in [1.54, 1.807) is 7.05 Å². The predicted molar refractivity (Wildman–Crippen MR) is 123 cm³/mol. The number of hydrogen-bond acceptors (Lipinski definition) is 6. The molecule has 0 fully saturated rings. The molecule has 5 rings (SSSR count). The molecule has 164 valence electrons. The molecule has 9 nitrogen and oxygen atoms in total. The first-order valence-electron chi connectivity index (χ1n) is 10.4. The lowest BCUT2D eigenvalue weighted by atomic mass is 9.90. The Bertz CT molecular complexity index is 1480. The molecule has 0 saturated heterocycles. The average Bonchev–Trinajstić information content (AvgIpc) is 3.43. The molecule has 0 unspecified atom stereocenters. The van der Waals surface area contributed by atoms with Gasteiger partial charge in [-0.3, -0.25) is 18.7 Å². The highest BCUT2D eigenvalue weighted by Gasteiger charge is 2.17. The Morgan fingerprint density at radius 2 is 1.91 bits per heavy atom. The molecule has 1 aliphatic carbocycles. The van der Waals surface area contributed by atoms with Gasteiger partial charge >= 0.3 is 5.69 Å². The maximum Gasteiger partial charge on any atom is 0.332 e. The monoisotopic (exact) mass is 450 g/mol. The lowest BCUT2D eigenvalue weighted by Crippen LogP contribution is -2.37. The number of nitrogens with one attached hydrogen (secondary N) is 1. The van der Waals surface area contributed by atoms with E-state index in [1.807, 2.05) is 5.38 Å². The molecule has 3 aromatic heterocycles. The molecule has 10 heteroatoms. The van der Waals surface area contributed by atoms with Gasteiger partial charge in [-0.05, 0) is 42.9 Å². The number of thiazole rings is 1. The first kappa shape index (κ1) is 20.4. The molecule has 4 aromatic rings. The molecule has 1 amide bonds. The summed E-state index contributed by atoms with van der Waals surface area (Å²) >= 11 is 1.36. The zero-order chi connectivity index (χ0) is 22.4. The average molecular weight is 451 g/mol. The summed E-state index contributed by atoms with van der Waals surface area (Å²) in [5.41, 5.74) is 4.18. The summed E-state index contributed by atoms with van der Waals surface area (Å²) in [7, 11) is 2.94. The van der Waals surface area contributed by atoms with E-state index in [0.29, 0.717) is 5.13 Å². The van der Waals surface area contributed by atoms with E-state index < -0.39 is 11.2 Å². The van der Waals surface area contributed by atoms with Crippen LogP contribution in [0.1, 0.15) is 24.0 Å². The van der Waals surface area contributed by atoms with E-state index in [2.05, 4.69) is 33.5 Å². The molecule has 0 atom stereocenters. The molecule has 0 spiro atoms. The molecule has 0 radical (unpaired) electrons. The number of anilines is 1. The van der Waals surface area contributed by atoms with Gasteiger partial charge in [-0.25, -0.2) is 14.8 Å². The maximum atomic E-state index is 12.6. The number of hydrogen-bond donors (Lipinski definition) is 1. The van der Waals surface area contributed by atoms with Crippen molar-refractivity contribution in [3.63, 3.8) is 0 Å². The Morgan fingerprint density at radius 3 is 2.72 bits per heavy atom. The molecule has 0 bridgehead atoms. The van der Waals surface area contributed by atoms with Crippen LogP contribution in [-0.2, 0) is 38.3 Å². The zero-order valence-electron chi connectivity index (χ0n) is 17.8. The number of benzene rings is 1. The van der Waals surface area contributed by atoms with E-state index in [0.717, 1.165) is 28.7 Å². The summed E-state index contributed by atoms with van der Waals surface area (Å²) < 4.78 is 3.74. The standard InChI is InChI=1S/C22H22N6O3S/c1-26-19-18(20(30)27(2)22(26)31)28(12-23-19)10-17(29)25-21-24-16(11-32-21)15-8-7-13-5-3-4-6-14(13)9-15/h7-9,11-12H,3-6,10H2,1-2H3,(H,24,25,29). The number of fused-ring (bicyclic) bond motifs is 2. The normalized spacial score (nSPS) is 13.3. The highest BCUT2D eigenvalue weighted by atomic mass is 32.1. The van der Waals surface area contributed by atoms with Crippen LogP contribution in [0.25, 0.3) is 22.4 Å². The third-order valence-electron chi connectivity index (χ3n) is 5.93. The summed E-state index contributed by atoms with van der Waals surface area (Å²) in [5.74, 6) is -0.327. The van der Waals surface area contributed by atoms with Crippen LogP contribution < -0.4 is 16.6 Å². The van der Waals surface area contributed by atoms with Crippen LogP contribution in [0.15, 0.2) is 39.5 Å². The van der Waals surface area contributed by atoms with Crippen LogP contribution >= 0.6 is 11.3 Å².